The summed E-state index contributed by atoms with van der Waals surface area (Å²) in [6.07, 6.45) is 0.557. The molecule has 0 radical (unpaired) electrons. The van der Waals surface area contributed by atoms with Crippen LogP contribution in [0.2, 0.25) is 0 Å². The van der Waals surface area contributed by atoms with E-state index in [0.717, 1.165) is 29.9 Å². The summed E-state index contributed by atoms with van der Waals surface area (Å²) in [4.78, 5) is 32.1. The number of morpholine rings is 1. The van der Waals surface area contributed by atoms with Crippen molar-refractivity contribution in [2.45, 2.75) is 26.3 Å². The standard InChI is InChI=1S/C31H36N4O4S/c1-22-10-11-24(19-23(22)2)26-20-27(25-7-4-5-8-28(25)38-3)35(32-26)30(36)21-34(31(37)29-9-6-18-40-29)13-12-33-14-16-39-17-15-33/h4-11,18-19,27H,12-17,20-21H2,1-3H3/t27-/m0/s1. The van der Waals surface area contributed by atoms with E-state index in [-0.39, 0.29) is 24.4 Å². The van der Waals surface area contributed by atoms with E-state index in [1.807, 2.05) is 41.8 Å². The van der Waals surface area contributed by atoms with Crippen molar-refractivity contribution in [3.05, 3.63) is 87.1 Å². The summed E-state index contributed by atoms with van der Waals surface area (Å²) in [6, 6.07) is 17.4. The van der Waals surface area contributed by atoms with Crippen LogP contribution in [0.4, 0.5) is 0 Å². The third kappa shape index (κ3) is 6.27. The molecule has 210 valence electrons. The number of amides is 2. The van der Waals surface area contributed by atoms with E-state index in [1.54, 1.807) is 17.0 Å². The van der Waals surface area contributed by atoms with E-state index >= 15 is 0 Å². The van der Waals surface area contributed by atoms with E-state index in [2.05, 4.69) is 36.9 Å². The summed E-state index contributed by atoms with van der Waals surface area (Å²) < 4.78 is 11.1. The lowest BCUT2D eigenvalue weighted by Crippen LogP contribution is -2.46. The minimum atomic E-state index is -0.335. The Morgan fingerprint density at radius 2 is 1.88 bits per heavy atom. The summed E-state index contributed by atoms with van der Waals surface area (Å²) in [7, 11) is 1.64. The van der Waals surface area contributed by atoms with Crippen LogP contribution < -0.4 is 4.74 Å². The Kier molecular flexibility index (Phi) is 8.94. The average Bonchev–Trinajstić information content (AvgIpc) is 3.68. The predicted molar refractivity (Wildman–Crippen MR) is 157 cm³/mol. The SMILES string of the molecule is COc1ccccc1[C@@H]1CC(c2ccc(C)c(C)c2)=NN1C(=O)CN(CCN1CCOCC1)C(=O)c1cccs1. The second-order valence-corrected chi connectivity index (χ2v) is 11.2. The number of thiophene rings is 1. The average molecular weight is 561 g/mol. The first-order valence-corrected chi connectivity index (χ1v) is 14.6. The van der Waals surface area contributed by atoms with Crippen molar-refractivity contribution < 1.29 is 19.1 Å². The van der Waals surface area contributed by atoms with E-state index in [1.165, 1.54) is 22.5 Å². The van der Waals surface area contributed by atoms with E-state index in [4.69, 9.17) is 14.6 Å². The second kappa shape index (κ2) is 12.8. The van der Waals surface area contributed by atoms with Crippen LogP contribution in [0, 0.1) is 13.8 Å². The number of carbonyl (C=O) groups excluding carboxylic acids is 2. The summed E-state index contributed by atoms with van der Waals surface area (Å²) in [5.74, 6) is 0.352. The predicted octanol–water partition coefficient (Wildman–Crippen LogP) is 4.53. The molecule has 2 aliphatic heterocycles. The van der Waals surface area contributed by atoms with Crippen molar-refractivity contribution in [3.8, 4) is 5.75 Å². The van der Waals surface area contributed by atoms with Crippen molar-refractivity contribution in [1.29, 1.82) is 0 Å². The van der Waals surface area contributed by atoms with Crippen molar-refractivity contribution >= 4 is 28.9 Å². The molecule has 2 aliphatic rings. The fourth-order valence-electron chi connectivity index (χ4n) is 5.15. The number of rotatable bonds is 9. The molecule has 0 aliphatic carbocycles. The molecular weight excluding hydrogens is 524 g/mol. The molecule has 0 unspecified atom stereocenters. The Labute approximate surface area is 239 Å². The topological polar surface area (TPSA) is 74.7 Å². The first-order valence-electron chi connectivity index (χ1n) is 13.7. The molecule has 0 spiro atoms. The molecule has 3 aromatic rings. The summed E-state index contributed by atoms with van der Waals surface area (Å²) in [5, 5.41) is 8.31. The van der Waals surface area contributed by atoms with E-state index in [9.17, 15) is 9.59 Å². The Balaban J connectivity index is 1.43. The van der Waals surface area contributed by atoms with Crippen molar-refractivity contribution in [1.82, 2.24) is 14.8 Å². The fourth-order valence-corrected chi connectivity index (χ4v) is 5.84. The van der Waals surface area contributed by atoms with Crippen LogP contribution in [0.3, 0.4) is 0 Å². The quantitative estimate of drug-likeness (QED) is 0.385. The molecular formula is C31H36N4O4S. The number of hydrazone groups is 1. The fraction of sp³-hybridized carbons (Fsp3) is 0.387. The highest BCUT2D eigenvalue weighted by atomic mass is 32.1. The van der Waals surface area contributed by atoms with Crippen LogP contribution in [-0.4, -0.2) is 85.4 Å². The van der Waals surface area contributed by atoms with Crippen LogP contribution in [0.1, 0.15) is 44.4 Å². The number of hydrogen-bond acceptors (Lipinski definition) is 7. The van der Waals surface area contributed by atoms with Gasteiger partial charge in [0.2, 0.25) is 0 Å². The molecule has 2 amide bonds. The Morgan fingerprint density at radius 3 is 2.60 bits per heavy atom. The van der Waals surface area contributed by atoms with Crippen LogP contribution in [0.15, 0.2) is 65.1 Å². The third-order valence-corrected chi connectivity index (χ3v) is 8.50. The van der Waals surface area contributed by atoms with Crippen LogP contribution in [-0.2, 0) is 9.53 Å². The zero-order chi connectivity index (χ0) is 28.1. The molecule has 0 bridgehead atoms. The molecule has 1 fully saturated rings. The molecule has 1 saturated heterocycles. The molecule has 3 heterocycles. The van der Waals surface area contributed by atoms with Gasteiger partial charge in [0.15, 0.2) is 0 Å². The van der Waals surface area contributed by atoms with Gasteiger partial charge in [-0.05, 0) is 54.1 Å². The second-order valence-electron chi connectivity index (χ2n) is 10.2. The maximum absolute atomic E-state index is 14.0. The molecule has 2 aromatic carbocycles. The minimum absolute atomic E-state index is 0.0591. The van der Waals surface area contributed by atoms with Crippen molar-refractivity contribution in [3.63, 3.8) is 0 Å². The highest BCUT2D eigenvalue weighted by Crippen LogP contribution is 2.37. The Hall–Kier alpha value is -3.53. The molecule has 9 heteroatoms. The number of nitrogens with zero attached hydrogens (tertiary/aromatic N) is 4. The largest absolute Gasteiger partial charge is 0.496 e. The number of carbonyl (C=O) groups is 2. The molecule has 40 heavy (non-hydrogen) atoms. The van der Waals surface area contributed by atoms with Gasteiger partial charge in [-0.3, -0.25) is 14.5 Å². The molecule has 1 atom stereocenters. The number of hydrogen-bond donors (Lipinski definition) is 0. The summed E-state index contributed by atoms with van der Waals surface area (Å²) >= 11 is 1.39. The van der Waals surface area contributed by atoms with Gasteiger partial charge in [0.05, 0.1) is 37.0 Å². The normalized spacial score (nSPS) is 17.5. The molecule has 8 nitrogen and oxygen atoms in total. The zero-order valence-electron chi connectivity index (χ0n) is 23.3. The maximum atomic E-state index is 14.0. The van der Waals surface area contributed by atoms with Gasteiger partial charge in [0, 0.05) is 38.2 Å². The number of ether oxygens (including phenoxy) is 2. The molecule has 0 saturated carbocycles. The number of methoxy groups -OCH3 is 1. The highest BCUT2D eigenvalue weighted by Gasteiger charge is 2.36. The van der Waals surface area contributed by atoms with Gasteiger partial charge in [-0.1, -0.05) is 36.4 Å². The minimum Gasteiger partial charge on any atom is -0.496 e. The number of benzene rings is 2. The lowest BCUT2D eigenvalue weighted by molar-refractivity contribution is -0.133. The van der Waals surface area contributed by atoms with Gasteiger partial charge >= 0.3 is 0 Å². The monoisotopic (exact) mass is 560 g/mol. The van der Waals surface area contributed by atoms with Crippen molar-refractivity contribution in [2.75, 3.05) is 53.0 Å². The third-order valence-electron chi connectivity index (χ3n) is 7.64. The number of aryl methyl sites for hydroxylation is 2. The number of para-hydroxylation sites is 1. The van der Waals surface area contributed by atoms with E-state index in [0.29, 0.717) is 43.4 Å². The molecule has 1 aromatic heterocycles. The molecule has 0 N–H and O–H groups in total. The van der Waals surface area contributed by atoms with Crippen molar-refractivity contribution in [2.24, 2.45) is 5.10 Å². The maximum Gasteiger partial charge on any atom is 0.264 e. The Bertz CT molecular complexity index is 1370. The summed E-state index contributed by atoms with van der Waals surface area (Å²) in [5.41, 5.74) is 5.12. The van der Waals surface area contributed by atoms with Gasteiger partial charge < -0.3 is 14.4 Å². The van der Waals surface area contributed by atoms with Gasteiger partial charge in [-0.2, -0.15) is 5.10 Å². The Morgan fingerprint density at radius 1 is 1.07 bits per heavy atom. The van der Waals surface area contributed by atoms with Crippen LogP contribution in [0.25, 0.3) is 0 Å². The van der Waals surface area contributed by atoms with Gasteiger partial charge in [-0.15, -0.1) is 11.3 Å². The first kappa shape index (κ1) is 28.0. The van der Waals surface area contributed by atoms with Gasteiger partial charge in [0.25, 0.3) is 11.8 Å². The lowest BCUT2D eigenvalue weighted by atomic mass is 9.96. The lowest BCUT2D eigenvalue weighted by Gasteiger charge is -2.31. The van der Waals surface area contributed by atoms with Crippen LogP contribution in [0.5, 0.6) is 5.75 Å². The highest BCUT2D eigenvalue weighted by molar-refractivity contribution is 7.12. The van der Waals surface area contributed by atoms with Gasteiger partial charge in [-0.25, -0.2) is 5.01 Å². The summed E-state index contributed by atoms with van der Waals surface area (Å²) in [6.45, 7) is 8.24. The van der Waals surface area contributed by atoms with Crippen LogP contribution >= 0.6 is 11.3 Å². The van der Waals surface area contributed by atoms with Gasteiger partial charge in [0.1, 0.15) is 12.3 Å². The zero-order valence-corrected chi connectivity index (χ0v) is 24.2. The molecule has 5 rings (SSSR count). The van der Waals surface area contributed by atoms with E-state index < -0.39 is 0 Å². The smallest absolute Gasteiger partial charge is 0.264 e. The first-order chi connectivity index (χ1) is 19.4.